The van der Waals surface area contributed by atoms with E-state index in [1.165, 1.54) is 19.8 Å². The van der Waals surface area contributed by atoms with Crippen molar-refractivity contribution in [1.82, 2.24) is 0 Å². The fourth-order valence-corrected chi connectivity index (χ4v) is 0.676. The summed E-state index contributed by atoms with van der Waals surface area (Å²) in [7, 11) is 0. The van der Waals surface area contributed by atoms with Gasteiger partial charge >= 0.3 is 0 Å². The van der Waals surface area contributed by atoms with Crippen LogP contribution in [0.25, 0.3) is 0 Å². The van der Waals surface area contributed by atoms with E-state index in [0.29, 0.717) is 0 Å². The highest BCUT2D eigenvalue weighted by Gasteiger charge is 1.85. The lowest BCUT2D eigenvalue weighted by atomic mass is 10.2. The molecular formula is C9H15F. The maximum absolute atomic E-state index is 12.0. The smallest absolute Gasteiger partial charge is 0.157 e. The van der Waals surface area contributed by atoms with Crippen LogP contribution in [-0.2, 0) is 0 Å². The Morgan fingerprint density at radius 2 is 2.10 bits per heavy atom. The summed E-state index contributed by atoms with van der Waals surface area (Å²) in [5.74, 6) is 5.28. The molecule has 0 fully saturated rings. The topological polar surface area (TPSA) is 0 Å². The van der Waals surface area contributed by atoms with E-state index in [9.17, 15) is 4.39 Å². The van der Waals surface area contributed by atoms with Gasteiger partial charge in [-0.1, -0.05) is 25.7 Å². The molecule has 0 bridgehead atoms. The molecule has 0 spiro atoms. The van der Waals surface area contributed by atoms with E-state index in [1.54, 1.807) is 0 Å². The lowest BCUT2D eigenvalue weighted by Crippen LogP contribution is -1.83. The molecule has 0 N–H and O–H groups in total. The van der Waals surface area contributed by atoms with Crippen molar-refractivity contribution in [2.24, 2.45) is 0 Å². The van der Waals surface area contributed by atoms with E-state index in [2.05, 4.69) is 18.8 Å². The average molecular weight is 142 g/mol. The molecule has 0 unspecified atom stereocenters. The van der Waals surface area contributed by atoms with E-state index >= 15 is 0 Å². The zero-order chi connectivity index (χ0) is 7.82. The minimum atomic E-state index is -0.957. The summed E-state index contributed by atoms with van der Waals surface area (Å²) in [5, 5.41) is 0. The molecule has 0 rings (SSSR count). The van der Waals surface area contributed by atoms with Crippen molar-refractivity contribution in [3.63, 3.8) is 0 Å². The van der Waals surface area contributed by atoms with Gasteiger partial charge in [0, 0.05) is 6.42 Å². The summed E-state index contributed by atoms with van der Waals surface area (Å²) in [5.41, 5.74) is 0. The minimum absolute atomic E-state index is 0.849. The van der Waals surface area contributed by atoms with Crippen molar-refractivity contribution in [3.05, 3.63) is 0 Å². The minimum Gasteiger partial charge on any atom is -0.234 e. The van der Waals surface area contributed by atoms with E-state index in [1.807, 2.05) is 0 Å². The van der Waals surface area contributed by atoms with Crippen molar-refractivity contribution >= 4 is 0 Å². The van der Waals surface area contributed by atoms with Gasteiger partial charge in [0.1, 0.15) is 0 Å². The molecule has 0 aliphatic carbocycles. The summed E-state index contributed by atoms with van der Waals surface area (Å²) < 4.78 is 12.0. The Morgan fingerprint density at radius 1 is 1.40 bits per heavy atom. The Morgan fingerprint density at radius 3 is 2.60 bits per heavy atom. The fraction of sp³-hybridized carbons (Fsp3) is 0.778. The monoisotopic (exact) mass is 142 g/mol. The number of hydrogen-bond acceptors (Lipinski definition) is 0. The van der Waals surface area contributed by atoms with Gasteiger partial charge in [0.05, 0.1) is 0 Å². The molecule has 0 nitrogen and oxygen atoms in total. The van der Waals surface area contributed by atoms with Crippen molar-refractivity contribution < 1.29 is 4.39 Å². The first-order chi connectivity index (χ1) is 4.77. The van der Waals surface area contributed by atoms with Crippen LogP contribution in [-0.4, -0.2) is 6.17 Å². The second kappa shape index (κ2) is 6.61. The predicted molar refractivity (Wildman–Crippen MR) is 42.5 cm³/mol. The first-order valence-electron chi connectivity index (χ1n) is 3.89. The average Bonchev–Trinajstić information content (AvgIpc) is 1.87. The number of unbranched alkanes of at least 4 members (excludes halogenated alkanes) is 3. The van der Waals surface area contributed by atoms with Crippen molar-refractivity contribution in [2.75, 3.05) is 0 Å². The first-order valence-corrected chi connectivity index (χ1v) is 3.89. The maximum Gasteiger partial charge on any atom is 0.157 e. The van der Waals surface area contributed by atoms with Gasteiger partial charge in [0.2, 0.25) is 0 Å². The molecule has 0 amide bonds. The normalized spacial score (nSPS) is 11.9. The molecule has 0 heterocycles. The zero-order valence-corrected chi connectivity index (χ0v) is 6.78. The van der Waals surface area contributed by atoms with Crippen LogP contribution in [0, 0.1) is 11.8 Å². The molecule has 0 aliphatic rings. The SMILES string of the molecule is CCCCCC#C[C@H](C)F. The highest BCUT2D eigenvalue weighted by atomic mass is 19.1. The Kier molecular flexibility index (Phi) is 6.27. The van der Waals surface area contributed by atoms with Gasteiger partial charge in [-0.3, -0.25) is 0 Å². The highest BCUT2D eigenvalue weighted by molar-refractivity contribution is 5.02. The number of rotatable bonds is 3. The van der Waals surface area contributed by atoms with Crippen LogP contribution in [0.4, 0.5) is 4.39 Å². The van der Waals surface area contributed by atoms with Gasteiger partial charge < -0.3 is 0 Å². The molecule has 1 heteroatoms. The number of alkyl halides is 1. The Hall–Kier alpha value is -0.510. The summed E-state index contributed by atoms with van der Waals surface area (Å²) in [6, 6.07) is 0. The molecule has 0 aliphatic heterocycles. The Labute approximate surface area is 62.8 Å². The molecule has 0 aromatic rings. The summed E-state index contributed by atoms with van der Waals surface area (Å²) >= 11 is 0. The van der Waals surface area contributed by atoms with E-state index in [-0.39, 0.29) is 0 Å². The summed E-state index contributed by atoms with van der Waals surface area (Å²) in [4.78, 5) is 0. The largest absolute Gasteiger partial charge is 0.234 e. The summed E-state index contributed by atoms with van der Waals surface area (Å²) in [6.07, 6.45) is 3.40. The van der Waals surface area contributed by atoms with Crippen LogP contribution in [0.1, 0.15) is 39.5 Å². The molecule has 10 heavy (non-hydrogen) atoms. The van der Waals surface area contributed by atoms with E-state index in [0.717, 1.165) is 12.8 Å². The van der Waals surface area contributed by atoms with Gasteiger partial charge in [0.25, 0.3) is 0 Å². The van der Waals surface area contributed by atoms with E-state index < -0.39 is 6.17 Å². The van der Waals surface area contributed by atoms with Crippen LogP contribution in [0.5, 0.6) is 0 Å². The second-order valence-electron chi connectivity index (χ2n) is 2.39. The lowest BCUT2D eigenvalue weighted by Gasteiger charge is -1.88. The molecule has 58 valence electrons. The maximum atomic E-state index is 12.0. The van der Waals surface area contributed by atoms with Crippen LogP contribution in [0.15, 0.2) is 0 Å². The van der Waals surface area contributed by atoms with Gasteiger partial charge in [-0.2, -0.15) is 0 Å². The van der Waals surface area contributed by atoms with Crippen molar-refractivity contribution in [1.29, 1.82) is 0 Å². The third-order valence-corrected chi connectivity index (χ3v) is 1.21. The third kappa shape index (κ3) is 7.49. The molecule has 0 saturated carbocycles. The first kappa shape index (κ1) is 9.49. The number of hydrogen-bond donors (Lipinski definition) is 0. The molecule has 0 radical (unpaired) electrons. The molecule has 0 aromatic heterocycles. The second-order valence-corrected chi connectivity index (χ2v) is 2.39. The van der Waals surface area contributed by atoms with Gasteiger partial charge in [-0.25, -0.2) is 4.39 Å². The predicted octanol–water partition coefficient (Wildman–Crippen LogP) is 2.93. The standard InChI is InChI=1S/C9H15F/c1-3-4-5-6-7-8-9(2)10/h9H,3-6H2,1-2H3/t9-/m0/s1. The van der Waals surface area contributed by atoms with E-state index in [4.69, 9.17) is 0 Å². The molecule has 1 atom stereocenters. The zero-order valence-electron chi connectivity index (χ0n) is 6.78. The van der Waals surface area contributed by atoms with Gasteiger partial charge in [-0.15, -0.1) is 5.92 Å². The van der Waals surface area contributed by atoms with Crippen LogP contribution in [0.3, 0.4) is 0 Å². The lowest BCUT2D eigenvalue weighted by molar-refractivity contribution is 0.443. The third-order valence-electron chi connectivity index (χ3n) is 1.21. The van der Waals surface area contributed by atoms with Crippen molar-refractivity contribution in [3.8, 4) is 11.8 Å². The Bertz CT molecular complexity index is 116. The summed E-state index contributed by atoms with van der Waals surface area (Å²) in [6.45, 7) is 3.61. The van der Waals surface area contributed by atoms with Gasteiger partial charge in [-0.05, 0) is 13.3 Å². The molecule has 0 aromatic carbocycles. The van der Waals surface area contributed by atoms with Crippen LogP contribution < -0.4 is 0 Å². The molecular weight excluding hydrogens is 127 g/mol. The van der Waals surface area contributed by atoms with Crippen LogP contribution in [0.2, 0.25) is 0 Å². The molecule has 0 saturated heterocycles. The van der Waals surface area contributed by atoms with Crippen molar-refractivity contribution in [2.45, 2.75) is 45.7 Å². The number of halogens is 1. The fourth-order valence-electron chi connectivity index (χ4n) is 0.676. The quantitative estimate of drug-likeness (QED) is 0.420. The highest BCUT2D eigenvalue weighted by Crippen LogP contribution is 1.97. The Balaban J connectivity index is 3.12. The van der Waals surface area contributed by atoms with Crippen LogP contribution >= 0.6 is 0 Å². The van der Waals surface area contributed by atoms with Gasteiger partial charge in [0.15, 0.2) is 6.17 Å².